The molecular formula is C17H13F2N5O2. The number of para-hydroxylation sites is 1. The van der Waals surface area contributed by atoms with Crippen LogP contribution in [0.4, 0.5) is 13.6 Å². The minimum Gasteiger partial charge on any atom is -0.318 e. The molecule has 0 saturated heterocycles. The van der Waals surface area contributed by atoms with Crippen LogP contribution in [0.1, 0.15) is 11.1 Å². The summed E-state index contributed by atoms with van der Waals surface area (Å²) in [5.41, 5.74) is 0.423. The number of aromatic nitrogens is 4. The predicted octanol–water partition coefficient (Wildman–Crippen LogP) is 1.73. The fraction of sp³-hybridized carbons (Fsp3) is 0.176. The molecule has 0 bridgehead atoms. The van der Waals surface area contributed by atoms with Crippen molar-refractivity contribution in [3.05, 3.63) is 75.7 Å². The van der Waals surface area contributed by atoms with E-state index >= 15 is 0 Å². The topological polar surface area (TPSA) is 73.0 Å². The summed E-state index contributed by atoms with van der Waals surface area (Å²) in [7, 11) is 0. The Morgan fingerprint density at radius 3 is 2.38 bits per heavy atom. The molecule has 2 aromatic carbocycles. The molecule has 1 amide bonds. The molecule has 2 heterocycles. The molecule has 26 heavy (non-hydrogen) atoms. The standard InChI is InChI=1S/C17H13F2N5O2/c18-13-6-3-7-14(19)15(13)23-17(26)24(21-20-23)16(25)22-9-8-11-4-1-2-5-12(11)10-22/h1-7H,8-10H2. The Kier molecular flexibility index (Phi) is 3.83. The van der Waals surface area contributed by atoms with Crippen LogP contribution in [-0.4, -0.2) is 37.3 Å². The molecule has 1 aliphatic rings. The number of halogens is 2. The molecule has 3 aromatic rings. The number of hydrogen-bond donors (Lipinski definition) is 0. The third kappa shape index (κ3) is 2.57. The van der Waals surface area contributed by atoms with E-state index in [9.17, 15) is 18.4 Å². The SMILES string of the molecule is O=C(N1CCc2ccccc2C1)n1nnn(-c2c(F)cccc2F)c1=O. The summed E-state index contributed by atoms with van der Waals surface area (Å²) < 4.78 is 28.7. The van der Waals surface area contributed by atoms with Crippen molar-refractivity contribution in [2.24, 2.45) is 0 Å². The van der Waals surface area contributed by atoms with Crippen LogP contribution in [0.3, 0.4) is 0 Å². The Labute approximate surface area is 146 Å². The zero-order valence-corrected chi connectivity index (χ0v) is 13.5. The van der Waals surface area contributed by atoms with Gasteiger partial charge >= 0.3 is 11.7 Å². The number of carbonyl (C=O) groups excluding carboxylic acids is 1. The molecule has 0 atom stereocenters. The van der Waals surface area contributed by atoms with Gasteiger partial charge in [0.15, 0.2) is 11.6 Å². The Morgan fingerprint density at radius 1 is 0.962 bits per heavy atom. The van der Waals surface area contributed by atoms with Gasteiger partial charge in [-0.25, -0.2) is 18.4 Å². The average Bonchev–Trinajstić information content (AvgIpc) is 3.02. The maximum Gasteiger partial charge on any atom is 0.377 e. The molecule has 0 radical (unpaired) electrons. The minimum absolute atomic E-state index is 0.322. The van der Waals surface area contributed by atoms with Gasteiger partial charge in [0.25, 0.3) is 0 Å². The Bertz CT molecular complexity index is 1040. The molecule has 1 aliphatic heterocycles. The number of fused-ring (bicyclic) bond motifs is 1. The number of nitrogens with zero attached hydrogens (tertiary/aromatic N) is 5. The van der Waals surface area contributed by atoms with E-state index in [2.05, 4.69) is 10.4 Å². The van der Waals surface area contributed by atoms with E-state index in [1.54, 1.807) is 0 Å². The van der Waals surface area contributed by atoms with Crippen molar-refractivity contribution in [3.8, 4) is 5.69 Å². The third-order valence-corrected chi connectivity index (χ3v) is 4.31. The lowest BCUT2D eigenvalue weighted by atomic mass is 10.0. The zero-order chi connectivity index (χ0) is 18.3. The van der Waals surface area contributed by atoms with Crippen molar-refractivity contribution >= 4 is 6.03 Å². The van der Waals surface area contributed by atoms with E-state index < -0.39 is 29.0 Å². The number of rotatable bonds is 1. The van der Waals surface area contributed by atoms with Crippen molar-refractivity contribution in [3.63, 3.8) is 0 Å². The molecule has 4 rings (SSSR count). The highest BCUT2D eigenvalue weighted by atomic mass is 19.1. The first-order valence-corrected chi connectivity index (χ1v) is 7.92. The van der Waals surface area contributed by atoms with Crippen LogP contribution in [0.25, 0.3) is 5.69 Å². The van der Waals surface area contributed by atoms with Gasteiger partial charge in [0.05, 0.1) is 0 Å². The van der Waals surface area contributed by atoms with E-state index in [1.807, 2.05) is 24.3 Å². The van der Waals surface area contributed by atoms with Crippen molar-refractivity contribution in [1.82, 2.24) is 24.7 Å². The molecule has 0 unspecified atom stereocenters. The molecular weight excluding hydrogens is 344 g/mol. The van der Waals surface area contributed by atoms with E-state index in [0.29, 0.717) is 28.9 Å². The lowest BCUT2D eigenvalue weighted by molar-refractivity contribution is 0.189. The molecule has 7 nitrogen and oxygen atoms in total. The van der Waals surface area contributed by atoms with E-state index in [-0.39, 0.29) is 0 Å². The highest BCUT2D eigenvalue weighted by molar-refractivity contribution is 5.76. The second kappa shape index (κ2) is 6.17. The van der Waals surface area contributed by atoms with Gasteiger partial charge in [-0.3, -0.25) is 0 Å². The third-order valence-electron chi connectivity index (χ3n) is 4.31. The second-order valence-electron chi connectivity index (χ2n) is 5.88. The van der Waals surface area contributed by atoms with E-state index in [4.69, 9.17) is 0 Å². The quantitative estimate of drug-likeness (QED) is 0.622. The largest absolute Gasteiger partial charge is 0.377 e. The summed E-state index contributed by atoms with van der Waals surface area (Å²) in [6, 6.07) is 10.2. The lowest BCUT2D eigenvalue weighted by Crippen LogP contribution is -2.43. The zero-order valence-electron chi connectivity index (χ0n) is 13.5. The highest BCUT2D eigenvalue weighted by Gasteiger charge is 2.26. The van der Waals surface area contributed by atoms with Crippen LogP contribution in [0.2, 0.25) is 0 Å². The highest BCUT2D eigenvalue weighted by Crippen LogP contribution is 2.19. The fourth-order valence-electron chi connectivity index (χ4n) is 2.99. The fourth-order valence-corrected chi connectivity index (χ4v) is 2.99. The number of benzene rings is 2. The molecule has 0 N–H and O–H groups in total. The summed E-state index contributed by atoms with van der Waals surface area (Å²) in [6.07, 6.45) is 0.646. The van der Waals surface area contributed by atoms with Crippen LogP contribution < -0.4 is 5.69 Å². The summed E-state index contributed by atoms with van der Waals surface area (Å²) in [5.74, 6) is -1.95. The number of hydrogen-bond acceptors (Lipinski definition) is 4. The first kappa shape index (κ1) is 16.1. The van der Waals surface area contributed by atoms with Gasteiger partial charge < -0.3 is 4.90 Å². The van der Waals surface area contributed by atoms with Gasteiger partial charge in [0.1, 0.15) is 5.69 Å². The predicted molar refractivity (Wildman–Crippen MR) is 86.9 cm³/mol. The molecule has 0 spiro atoms. The van der Waals surface area contributed by atoms with Crippen molar-refractivity contribution in [2.45, 2.75) is 13.0 Å². The maximum absolute atomic E-state index is 13.9. The van der Waals surface area contributed by atoms with Gasteiger partial charge in [-0.15, -0.1) is 4.68 Å². The molecule has 132 valence electrons. The number of tetrazole rings is 1. The first-order chi connectivity index (χ1) is 12.6. The average molecular weight is 357 g/mol. The van der Waals surface area contributed by atoms with E-state index in [1.165, 1.54) is 11.0 Å². The summed E-state index contributed by atoms with van der Waals surface area (Å²) in [6.45, 7) is 0.728. The summed E-state index contributed by atoms with van der Waals surface area (Å²) in [5, 5.41) is 6.96. The van der Waals surface area contributed by atoms with Gasteiger partial charge in [0.2, 0.25) is 0 Å². The maximum atomic E-state index is 13.9. The second-order valence-corrected chi connectivity index (χ2v) is 5.88. The van der Waals surface area contributed by atoms with E-state index in [0.717, 1.165) is 23.3 Å². The smallest absolute Gasteiger partial charge is 0.318 e. The van der Waals surface area contributed by atoms with Crippen molar-refractivity contribution < 1.29 is 13.6 Å². The monoisotopic (exact) mass is 357 g/mol. The van der Waals surface area contributed by atoms with Gasteiger partial charge in [-0.2, -0.15) is 4.68 Å². The normalized spacial score (nSPS) is 13.5. The van der Waals surface area contributed by atoms with Crippen LogP contribution in [-0.2, 0) is 13.0 Å². The number of carbonyl (C=O) groups is 1. The minimum atomic E-state index is -1.03. The van der Waals surface area contributed by atoms with Gasteiger partial charge in [-0.05, 0) is 40.1 Å². The number of amides is 1. The molecule has 1 aromatic heterocycles. The molecule has 0 fully saturated rings. The van der Waals surface area contributed by atoms with Crippen LogP contribution >= 0.6 is 0 Å². The Morgan fingerprint density at radius 2 is 1.65 bits per heavy atom. The van der Waals surface area contributed by atoms with Crippen LogP contribution in [0.15, 0.2) is 47.3 Å². The molecule has 0 saturated carbocycles. The molecule has 0 aliphatic carbocycles. The lowest BCUT2D eigenvalue weighted by Gasteiger charge is -2.27. The van der Waals surface area contributed by atoms with Crippen molar-refractivity contribution in [1.29, 1.82) is 0 Å². The first-order valence-electron chi connectivity index (χ1n) is 7.92. The van der Waals surface area contributed by atoms with Gasteiger partial charge in [-0.1, -0.05) is 30.3 Å². The summed E-state index contributed by atoms with van der Waals surface area (Å²) in [4.78, 5) is 26.5. The Hall–Kier alpha value is -3.36. The van der Waals surface area contributed by atoms with Crippen molar-refractivity contribution in [2.75, 3.05) is 6.54 Å². The molecule has 9 heteroatoms. The summed E-state index contributed by atoms with van der Waals surface area (Å²) >= 11 is 0. The van der Waals surface area contributed by atoms with Crippen LogP contribution in [0, 0.1) is 11.6 Å². The van der Waals surface area contributed by atoms with Gasteiger partial charge in [0, 0.05) is 13.1 Å². The van der Waals surface area contributed by atoms with Crippen LogP contribution in [0.5, 0.6) is 0 Å². The Balaban J connectivity index is 1.67.